The molecule has 25 heavy (non-hydrogen) atoms. The zero-order valence-corrected chi connectivity index (χ0v) is 14.1. The topological polar surface area (TPSA) is 80.6 Å². The fraction of sp³-hybridized carbons (Fsp3) is 0.316. The van der Waals surface area contributed by atoms with Crippen molar-refractivity contribution >= 4 is 23.2 Å². The summed E-state index contributed by atoms with van der Waals surface area (Å²) >= 11 is 0. The number of carbonyl (C=O) groups is 1. The Morgan fingerprint density at radius 3 is 2.80 bits per heavy atom. The van der Waals surface area contributed by atoms with E-state index in [-0.39, 0.29) is 5.91 Å². The molecule has 1 aromatic heterocycles. The summed E-state index contributed by atoms with van der Waals surface area (Å²) in [5.74, 6) is -0.839. The van der Waals surface area contributed by atoms with Gasteiger partial charge in [0.15, 0.2) is 5.79 Å². The van der Waals surface area contributed by atoms with Crippen LogP contribution in [0.3, 0.4) is 0 Å². The highest BCUT2D eigenvalue weighted by Gasteiger charge is 2.40. The maximum atomic E-state index is 12.7. The number of H-pyrrole nitrogens is 1. The zero-order valence-electron chi connectivity index (χ0n) is 14.1. The molecule has 0 saturated carbocycles. The van der Waals surface area contributed by atoms with E-state index in [1.54, 1.807) is 11.9 Å². The standard InChI is InChI=1S/C19H21N3O3/c1-22-17-5-4-13(19(6-7-20)24-9-10-25-19)11-15(17)16(18(22)23)12-14-3-2-8-21-14/h2-5,8,11-12,21H,6-7,9-10,20H2,1H3/b16-12-. The quantitative estimate of drug-likeness (QED) is 0.836. The van der Waals surface area contributed by atoms with Gasteiger partial charge in [0, 0.05) is 36.5 Å². The molecule has 6 nitrogen and oxygen atoms in total. The molecule has 0 spiro atoms. The maximum Gasteiger partial charge on any atom is 0.258 e. The van der Waals surface area contributed by atoms with Crippen molar-refractivity contribution in [2.45, 2.75) is 12.2 Å². The molecule has 0 aliphatic carbocycles. The minimum Gasteiger partial charge on any atom is -0.362 e. The number of aromatic amines is 1. The van der Waals surface area contributed by atoms with Crippen molar-refractivity contribution < 1.29 is 14.3 Å². The third-order valence-electron chi connectivity index (χ3n) is 4.77. The predicted octanol–water partition coefficient (Wildman–Crippen LogP) is 2.08. The van der Waals surface area contributed by atoms with E-state index < -0.39 is 5.79 Å². The van der Waals surface area contributed by atoms with E-state index in [4.69, 9.17) is 15.2 Å². The molecular formula is C19H21N3O3. The number of nitrogens with zero attached hydrogens (tertiary/aromatic N) is 1. The molecule has 0 radical (unpaired) electrons. The number of fused-ring (bicyclic) bond motifs is 1. The largest absolute Gasteiger partial charge is 0.362 e. The summed E-state index contributed by atoms with van der Waals surface area (Å²) in [6, 6.07) is 9.74. The number of aromatic nitrogens is 1. The number of hydrogen-bond acceptors (Lipinski definition) is 4. The van der Waals surface area contributed by atoms with Crippen molar-refractivity contribution in [2.75, 3.05) is 31.7 Å². The van der Waals surface area contributed by atoms with Gasteiger partial charge in [0.1, 0.15) is 0 Å². The Bertz CT molecular complexity index is 820. The van der Waals surface area contributed by atoms with E-state index in [1.165, 1.54) is 0 Å². The van der Waals surface area contributed by atoms with Crippen molar-refractivity contribution in [3.05, 3.63) is 53.3 Å². The highest BCUT2D eigenvalue weighted by Crippen LogP contribution is 2.42. The van der Waals surface area contributed by atoms with Gasteiger partial charge in [-0.1, -0.05) is 6.07 Å². The molecular weight excluding hydrogens is 318 g/mol. The Balaban J connectivity index is 1.81. The first-order valence-electron chi connectivity index (χ1n) is 8.41. The Hall–Kier alpha value is -2.41. The molecule has 130 valence electrons. The van der Waals surface area contributed by atoms with Crippen LogP contribution in [0, 0.1) is 0 Å². The minimum atomic E-state index is -0.814. The number of amides is 1. The lowest BCUT2D eigenvalue weighted by Crippen LogP contribution is -2.30. The predicted molar refractivity (Wildman–Crippen MR) is 95.8 cm³/mol. The average Bonchev–Trinajstić information content (AvgIpc) is 3.34. The van der Waals surface area contributed by atoms with Gasteiger partial charge < -0.3 is 25.1 Å². The van der Waals surface area contributed by atoms with Crippen molar-refractivity contribution in [1.29, 1.82) is 0 Å². The Morgan fingerprint density at radius 1 is 1.32 bits per heavy atom. The lowest BCUT2D eigenvalue weighted by atomic mass is 9.96. The van der Waals surface area contributed by atoms with Crippen LogP contribution in [0.25, 0.3) is 11.6 Å². The van der Waals surface area contributed by atoms with Crippen LogP contribution in [0.2, 0.25) is 0 Å². The highest BCUT2D eigenvalue weighted by atomic mass is 16.7. The van der Waals surface area contributed by atoms with Gasteiger partial charge in [0.05, 0.1) is 24.5 Å². The molecule has 1 saturated heterocycles. The summed E-state index contributed by atoms with van der Waals surface area (Å²) in [4.78, 5) is 17.5. The smallest absolute Gasteiger partial charge is 0.258 e. The van der Waals surface area contributed by atoms with Crippen LogP contribution < -0.4 is 10.6 Å². The molecule has 1 amide bonds. The Morgan fingerprint density at radius 2 is 2.12 bits per heavy atom. The molecule has 2 aromatic rings. The number of likely N-dealkylation sites (N-methyl/N-ethyl adjacent to an activating group) is 1. The summed E-state index contributed by atoms with van der Waals surface area (Å²) in [7, 11) is 1.79. The van der Waals surface area contributed by atoms with Crippen LogP contribution in [0.1, 0.15) is 23.2 Å². The highest BCUT2D eigenvalue weighted by molar-refractivity contribution is 6.35. The number of carbonyl (C=O) groups excluding carboxylic acids is 1. The fourth-order valence-corrected chi connectivity index (χ4v) is 3.52. The molecule has 1 fully saturated rings. The van der Waals surface area contributed by atoms with E-state index in [0.29, 0.717) is 31.8 Å². The summed E-state index contributed by atoms with van der Waals surface area (Å²) < 4.78 is 11.8. The average molecular weight is 339 g/mol. The number of anilines is 1. The molecule has 3 heterocycles. The van der Waals surface area contributed by atoms with Gasteiger partial charge in [-0.15, -0.1) is 0 Å². The molecule has 6 heteroatoms. The van der Waals surface area contributed by atoms with Crippen LogP contribution >= 0.6 is 0 Å². The maximum absolute atomic E-state index is 12.7. The van der Waals surface area contributed by atoms with Crippen LogP contribution in [0.4, 0.5) is 5.69 Å². The van der Waals surface area contributed by atoms with E-state index in [1.807, 2.05) is 42.6 Å². The first-order valence-corrected chi connectivity index (χ1v) is 8.41. The number of hydrogen-bond donors (Lipinski definition) is 2. The Kier molecular flexibility index (Phi) is 3.95. The monoisotopic (exact) mass is 339 g/mol. The second-order valence-electron chi connectivity index (χ2n) is 6.27. The molecule has 2 aliphatic rings. The third kappa shape index (κ3) is 2.59. The first kappa shape index (κ1) is 16.1. The number of ether oxygens (including phenoxy) is 2. The zero-order chi connectivity index (χ0) is 17.4. The van der Waals surface area contributed by atoms with Crippen LogP contribution in [0.15, 0.2) is 36.5 Å². The lowest BCUT2D eigenvalue weighted by molar-refractivity contribution is -0.168. The van der Waals surface area contributed by atoms with E-state index in [2.05, 4.69) is 4.98 Å². The van der Waals surface area contributed by atoms with Crippen LogP contribution in [-0.4, -0.2) is 37.7 Å². The number of nitrogens with one attached hydrogen (secondary N) is 1. The van der Waals surface area contributed by atoms with E-state index in [0.717, 1.165) is 22.5 Å². The van der Waals surface area contributed by atoms with Crippen molar-refractivity contribution in [3.63, 3.8) is 0 Å². The molecule has 0 unspecified atom stereocenters. The molecule has 4 rings (SSSR count). The lowest BCUT2D eigenvalue weighted by Gasteiger charge is -2.28. The molecule has 3 N–H and O–H groups in total. The van der Waals surface area contributed by atoms with Crippen molar-refractivity contribution in [2.24, 2.45) is 5.73 Å². The third-order valence-corrected chi connectivity index (χ3v) is 4.77. The van der Waals surface area contributed by atoms with Crippen LogP contribution in [-0.2, 0) is 20.1 Å². The second kappa shape index (κ2) is 6.15. The minimum absolute atomic E-state index is 0.0251. The van der Waals surface area contributed by atoms with Crippen LogP contribution in [0.5, 0.6) is 0 Å². The summed E-state index contributed by atoms with van der Waals surface area (Å²) in [6.45, 7) is 1.54. The van der Waals surface area contributed by atoms with Gasteiger partial charge >= 0.3 is 0 Å². The van der Waals surface area contributed by atoms with Gasteiger partial charge in [-0.25, -0.2) is 0 Å². The van der Waals surface area contributed by atoms with Gasteiger partial charge in [0.2, 0.25) is 0 Å². The molecule has 0 atom stereocenters. The molecule has 0 bridgehead atoms. The van der Waals surface area contributed by atoms with Gasteiger partial charge in [-0.3, -0.25) is 4.79 Å². The molecule has 2 aliphatic heterocycles. The Labute approximate surface area is 146 Å². The summed E-state index contributed by atoms with van der Waals surface area (Å²) in [6.07, 6.45) is 4.29. The summed E-state index contributed by atoms with van der Waals surface area (Å²) in [5.41, 5.74) is 9.98. The van der Waals surface area contributed by atoms with Crippen molar-refractivity contribution in [3.8, 4) is 0 Å². The SMILES string of the molecule is CN1C(=O)/C(=C\c2ccc[nH]2)c2cc(C3(CCN)OCCO3)ccc21. The van der Waals surface area contributed by atoms with Gasteiger partial charge in [0.25, 0.3) is 5.91 Å². The van der Waals surface area contributed by atoms with Gasteiger partial charge in [-0.2, -0.15) is 0 Å². The summed E-state index contributed by atoms with van der Waals surface area (Å²) in [5, 5.41) is 0. The number of nitrogens with two attached hydrogens (primary N) is 1. The number of rotatable bonds is 4. The molecule has 1 aromatic carbocycles. The normalized spacial score (nSPS) is 20.5. The van der Waals surface area contributed by atoms with Crippen molar-refractivity contribution in [1.82, 2.24) is 4.98 Å². The number of benzene rings is 1. The van der Waals surface area contributed by atoms with E-state index in [9.17, 15) is 4.79 Å². The fourth-order valence-electron chi connectivity index (χ4n) is 3.52. The first-order chi connectivity index (χ1) is 12.1. The van der Waals surface area contributed by atoms with E-state index >= 15 is 0 Å². The van der Waals surface area contributed by atoms with Gasteiger partial charge in [-0.05, 0) is 36.9 Å². The second-order valence-corrected chi connectivity index (χ2v) is 6.27.